The summed E-state index contributed by atoms with van der Waals surface area (Å²) in [6, 6.07) is 5.97. The van der Waals surface area contributed by atoms with Crippen LogP contribution in [0.15, 0.2) is 30.6 Å². The highest BCUT2D eigenvalue weighted by Crippen LogP contribution is 2.19. The number of aryl methyl sites for hydroxylation is 1. The smallest absolute Gasteiger partial charge is 0.0829 e. The van der Waals surface area contributed by atoms with E-state index in [1.165, 1.54) is 0 Å². The van der Waals surface area contributed by atoms with Crippen molar-refractivity contribution in [2.75, 3.05) is 0 Å². The molecule has 0 aliphatic heterocycles. The summed E-state index contributed by atoms with van der Waals surface area (Å²) in [5.74, 6) is 0. The molecule has 3 aromatic rings. The lowest BCUT2D eigenvalue weighted by molar-refractivity contribution is 0.802. The lowest BCUT2D eigenvalue weighted by Gasteiger charge is -2.00. The Morgan fingerprint density at radius 2 is 2.31 bits per heavy atom. The first-order chi connectivity index (χ1) is 7.88. The topological polar surface area (TPSA) is 59.4 Å². The highest BCUT2D eigenvalue weighted by atomic mass is 15.4. The monoisotopic (exact) mass is 213 g/mol. The standard InChI is InChI=1S/C11H11N5/c1-2-8-7-16(15-13-8)11-5-3-4-10-9(11)6-12-14-10/h3-7H,2H2,1H3,(H,12,14). The van der Waals surface area contributed by atoms with Crippen molar-refractivity contribution in [1.82, 2.24) is 25.2 Å². The van der Waals surface area contributed by atoms with E-state index in [1.54, 1.807) is 10.9 Å². The van der Waals surface area contributed by atoms with E-state index < -0.39 is 0 Å². The third kappa shape index (κ3) is 1.29. The second kappa shape index (κ2) is 3.44. The second-order valence-electron chi connectivity index (χ2n) is 3.62. The normalized spacial score (nSPS) is 11.1. The maximum atomic E-state index is 4.11. The summed E-state index contributed by atoms with van der Waals surface area (Å²) in [4.78, 5) is 0. The molecule has 0 fully saturated rings. The van der Waals surface area contributed by atoms with Crippen molar-refractivity contribution < 1.29 is 0 Å². The van der Waals surface area contributed by atoms with Gasteiger partial charge in [-0.25, -0.2) is 4.68 Å². The number of nitrogens with one attached hydrogen (secondary N) is 1. The molecule has 1 aromatic carbocycles. The van der Waals surface area contributed by atoms with Gasteiger partial charge in [-0.1, -0.05) is 18.2 Å². The zero-order chi connectivity index (χ0) is 11.0. The molecule has 2 aromatic heterocycles. The molecule has 16 heavy (non-hydrogen) atoms. The Kier molecular flexibility index (Phi) is 1.96. The zero-order valence-corrected chi connectivity index (χ0v) is 8.88. The molecule has 3 rings (SSSR count). The maximum absolute atomic E-state index is 4.11. The number of rotatable bonds is 2. The minimum absolute atomic E-state index is 0.890. The fourth-order valence-corrected chi connectivity index (χ4v) is 1.73. The molecule has 0 saturated carbocycles. The average Bonchev–Trinajstić information content (AvgIpc) is 2.97. The van der Waals surface area contributed by atoms with Gasteiger partial charge >= 0.3 is 0 Å². The van der Waals surface area contributed by atoms with Crippen molar-refractivity contribution in [3.8, 4) is 5.69 Å². The fraction of sp³-hybridized carbons (Fsp3) is 0.182. The molecule has 2 heterocycles. The minimum atomic E-state index is 0.890. The summed E-state index contributed by atoms with van der Waals surface area (Å²) < 4.78 is 1.79. The SMILES string of the molecule is CCc1cn(-c2cccc3[nH]ncc23)nn1. The average molecular weight is 213 g/mol. The largest absolute Gasteiger partial charge is 0.278 e. The van der Waals surface area contributed by atoms with Gasteiger partial charge in [0.05, 0.1) is 29.3 Å². The van der Waals surface area contributed by atoms with E-state index in [0.717, 1.165) is 28.7 Å². The Bertz CT molecular complexity index is 622. The summed E-state index contributed by atoms with van der Waals surface area (Å²) in [7, 11) is 0. The maximum Gasteiger partial charge on any atom is 0.0829 e. The minimum Gasteiger partial charge on any atom is -0.278 e. The van der Waals surface area contributed by atoms with E-state index in [4.69, 9.17) is 0 Å². The molecule has 0 unspecified atom stereocenters. The van der Waals surface area contributed by atoms with Crippen molar-refractivity contribution in [3.05, 3.63) is 36.3 Å². The van der Waals surface area contributed by atoms with Gasteiger partial charge in [-0.05, 0) is 18.6 Å². The fourth-order valence-electron chi connectivity index (χ4n) is 1.73. The van der Waals surface area contributed by atoms with Gasteiger partial charge in [0, 0.05) is 5.39 Å². The quantitative estimate of drug-likeness (QED) is 0.705. The predicted molar refractivity (Wildman–Crippen MR) is 60.4 cm³/mol. The van der Waals surface area contributed by atoms with Crippen LogP contribution in [-0.2, 0) is 6.42 Å². The van der Waals surface area contributed by atoms with Gasteiger partial charge in [-0.2, -0.15) is 5.10 Å². The number of fused-ring (bicyclic) bond motifs is 1. The number of nitrogens with zero attached hydrogens (tertiary/aromatic N) is 4. The summed E-state index contributed by atoms with van der Waals surface area (Å²) in [6.07, 6.45) is 4.64. The van der Waals surface area contributed by atoms with Crippen LogP contribution < -0.4 is 0 Å². The van der Waals surface area contributed by atoms with Crippen LogP contribution in [0.1, 0.15) is 12.6 Å². The van der Waals surface area contributed by atoms with Gasteiger partial charge in [0.2, 0.25) is 0 Å². The molecule has 0 aliphatic rings. The molecule has 0 radical (unpaired) electrons. The number of hydrogen-bond donors (Lipinski definition) is 1. The van der Waals surface area contributed by atoms with E-state index in [0.29, 0.717) is 0 Å². The van der Waals surface area contributed by atoms with E-state index >= 15 is 0 Å². The molecule has 5 heteroatoms. The number of aromatic nitrogens is 5. The Morgan fingerprint density at radius 3 is 3.12 bits per heavy atom. The van der Waals surface area contributed by atoms with Crippen molar-refractivity contribution in [3.63, 3.8) is 0 Å². The van der Waals surface area contributed by atoms with Gasteiger partial charge in [0.25, 0.3) is 0 Å². The van der Waals surface area contributed by atoms with Crippen LogP contribution in [0.5, 0.6) is 0 Å². The Hall–Kier alpha value is -2.17. The van der Waals surface area contributed by atoms with Gasteiger partial charge in [-0.15, -0.1) is 5.10 Å². The summed E-state index contributed by atoms with van der Waals surface area (Å²) >= 11 is 0. The van der Waals surface area contributed by atoms with Crippen LogP contribution in [0.25, 0.3) is 16.6 Å². The molecular formula is C11H11N5. The van der Waals surface area contributed by atoms with Gasteiger partial charge in [0.15, 0.2) is 0 Å². The zero-order valence-electron chi connectivity index (χ0n) is 8.88. The predicted octanol–water partition coefficient (Wildman–Crippen LogP) is 1.71. The highest BCUT2D eigenvalue weighted by molar-refractivity contribution is 5.86. The third-order valence-corrected chi connectivity index (χ3v) is 2.61. The first-order valence-corrected chi connectivity index (χ1v) is 5.22. The van der Waals surface area contributed by atoms with Crippen molar-refractivity contribution in [2.24, 2.45) is 0 Å². The van der Waals surface area contributed by atoms with Crippen molar-refractivity contribution in [2.45, 2.75) is 13.3 Å². The second-order valence-corrected chi connectivity index (χ2v) is 3.62. The first kappa shape index (κ1) is 9.08. The van der Waals surface area contributed by atoms with E-state index in [2.05, 4.69) is 27.4 Å². The Morgan fingerprint density at radius 1 is 1.38 bits per heavy atom. The highest BCUT2D eigenvalue weighted by Gasteiger charge is 2.06. The van der Waals surface area contributed by atoms with Crippen LogP contribution in [0.2, 0.25) is 0 Å². The van der Waals surface area contributed by atoms with Gasteiger partial charge < -0.3 is 0 Å². The molecule has 0 bridgehead atoms. The molecule has 0 atom stereocenters. The van der Waals surface area contributed by atoms with E-state index in [1.807, 2.05) is 24.4 Å². The van der Waals surface area contributed by atoms with Crippen molar-refractivity contribution in [1.29, 1.82) is 0 Å². The summed E-state index contributed by atoms with van der Waals surface area (Å²) in [5, 5.41) is 16.2. The number of benzene rings is 1. The lowest BCUT2D eigenvalue weighted by Crippen LogP contribution is -1.95. The molecule has 5 nitrogen and oxygen atoms in total. The molecule has 0 aliphatic carbocycles. The van der Waals surface area contributed by atoms with Crippen LogP contribution in [0.4, 0.5) is 0 Å². The third-order valence-electron chi connectivity index (χ3n) is 2.61. The number of H-pyrrole nitrogens is 1. The van der Waals surface area contributed by atoms with Crippen LogP contribution >= 0.6 is 0 Å². The van der Waals surface area contributed by atoms with Gasteiger partial charge in [-0.3, -0.25) is 5.10 Å². The van der Waals surface area contributed by atoms with Crippen LogP contribution in [-0.4, -0.2) is 25.2 Å². The molecule has 80 valence electrons. The van der Waals surface area contributed by atoms with Crippen molar-refractivity contribution >= 4 is 10.9 Å². The van der Waals surface area contributed by atoms with E-state index in [9.17, 15) is 0 Å². The molecule has 0 amide bonds. The molecule has 0 saturated heterocycles. The number of hydrogen-bond acceptors (Lipinski definition) is 3. The van der Waals surface area contributed by atoms with Gasteiger partial charge in [0.1, 0.15) is 0 Å². The van der Waals surface area contributed by atoms with E-state index in [-0.39, 0.29) is 0 Å². The summed E-state index contributed by atoms with van der Waals surface area (Å²) in [6.45, 7) is 2.06. The first-order valence-electron chi connectivity index (χ1n) is 5.22. The molecule has 0 spiro atoms. The van der Waals surface area contributed by atoms with Crippen LogP contribution in [0, 0.1) is 0 Å². The molecular weight excluding hydrogens is 202 g/mol. The summed E-state index contributed by atoms with van der Waals surface area (Å²) in [5.41, 5.74) is 2.99. The van der Waals surface area contributed by atoms with Crippen LogP contribution in [0.3, 0.4) is 0 Å². The lowest BCUT2D eigenvalue weighted by atomic mass is 10.2. The Labute approximate surface area is 92.1 Å². The molecule has 1 N–H and O–H groups in total. The number of aromatic amines is 1. The Balaban J connectivity index is 2.21.